The molecule has 0 saturated carbocycles. The number of methoxy groups -OCH3 is 1. The third kappa shape index (κ3) is 2.54. The molecule has 1 unspecified atom stereocenters. The molecule has 4 heteroatoms. The van der Waals surface area contributed by atoms with Crippen LogP contribution >= 0.6 is 0 Å². The maximum absolute atomic E-state index is 13.4. The monoisotopic (exact) mass is 249 g/mol. The molecule has 0 amide bonds. The molecule has 0 aliphatic heterocycles. The summed E-state index contributed by atoms with van der Waals surface area (Å²) in [6, 6.07) is 8.45. The van der Waals surface area contributed by atoms with E-state index < -0.39 is 0 Å². The van der Waals surface area contributed by atoms with Crippen molar-refractivity contribution >= 4 is 0 Å². The van der Waals surface area contributed by atoms with Crippen molar-refractivity contribution < 1.29 is 13.5 Å². The van der Waals surface area contributed by atoms with Crippen molar-refractivity contribution in [2.45, 2.75) is 13.0 Å². The highest BCUT2D eigenvalue weighted by Gasteiger charge is 2.17. The minimum atomic E-state index is -0.365. The van der Waals surface area contributed by atoms with Crippen LogP contribution in [0.15, 0.2) is 41.0 Å². The van der Waals surface area contributed by atoms with E-state index in [-0.39, 0.29) is 17.6 Å². The summed E-state index contributed by atoms with van der Waals surface area (Å²) in [6.07, 6.45) is 1.63. The highest BCUT2D eigenvalue weighted by atomic mass is 19.1. The van der Waals surface area contributed by atoms with Crippen LogP contribution in [0.5, 0.6) is 5.75 Å². The molecular weight excluding hydrogens is 233 g/mol. The Kier molecular flexibility index (Phi) is 3.99. The lowest BCUT2D eigenvalue weighted by molar-refractivity contribution is 0.384. The number of rotatable bonds is 5. The Bertz CT molecular complexity index is 497. The number of furan rings is 1. The number of nitrogens with one attached hydrogen (secondary N) is 1. The highest BCUT2D eigenvalue weighted by molar-refractivity contribution is 5.35. The van der Waals surface area contributed by atoms with E-state index in [2.05, 4.69) is 5.32 Å². The minimum Gasteiger partial charge on any atom is -0.494 e. The molecule has 0 saturated heterocycles. The second-order valence-corrected chi connectivity index (χ2v) is 3.90. The summed E-state index contributed by atoms with van der Waals surface area (Å²) in [7, 11) is 1.46. The van der Waals surface area contributed by atoms with E-state index in [1.165, 1.54) is 13.2 Å². The van der Waals surface area contributed by atoms with Gasteiger partial charge in [-0.3, -0.25) is 0 Å². The number of ether oxygens (including phenoxy) is 1. The summed E-state index contributed by atoms with van der Waals surface area (Å²) in [4.78, 5) is 0. The highest BCUT2D eigenvalue weighted by Crippen LogP contribution is 2.27. The topological polar surface area (TPSA) is 34.4 Å². The van der Waals surface area contributed by atoms with E-state index in [9.17, 15) is 4.39 Å². The van der Waals surface area contributed by atoms with Gasteiger partial charge in [0, 0.05) is 0 Å². The average molecular weight is 249 g/mol. The van der Waals surface area contributed by atoms with Gasteiger partial charge in [-0.1, -0.05) is 13.0 Å². The van der Waals surface area contributed by atoms with Gasteiger partial charge in [-0.2, -0.15) is 0 Å². The molecule has 2 rings (SSSR count). The van der Waals surface area contributed by atoms with Crippen molar-refractivity contribution in [2.75, 3.05) is 13.7 Å². The van der Waals surface area contributed by atoms with E-state index in [4.69, 9.17) is 9.15 Å². The Labute approximate surface area is 106 Å². The smallest absolute Gasteiger partial charge is 0.165 e. The largest absolute Gasteiger partial charge is 0.494 e. The van der Waals surface area contributed by atoms with Crippen LogP contribution in [0.1, 0.15) is 24.3 Å². The molecule has 0 fully saturated rings. The molecule has 1 atom stereocenters. The number of benzene rings is 1. The Morgan fingerprint density at radius 3 is 2.83 bits per heavy atom. The van der Waals surface area contributed by atoms with E-state index in [0.29, 0.717) is 0 Å². The van der Waals surface area contributed by atoms with Gasteiger partial charge in [0.2, 0.25) is 0 Å². The van der Waals surface area contributed by atoms with Crippen molar-refractivity contribution in [3.05, 3.63) is 53.7 Å². The first kappa shape index (κ1) is 12.6. The van der Waals surface area contributed by atoms with Crippen LogP contribution in [0.25, 0.3) is 0 Å². The molecule has 0 aliphatic rings. The Balaban J connectivity index is 2.36. The molecule has 1 heterocycles. The summed E-state index contributed by atoms with van der Waals surface area (Å²) < 4.78 is 23.8. The zero-order valence-corrected chi connectivity index (χ0v) is 10.4. The first-order chi connectivity index (χ1) is 8.76. The SMILES string of the molecule is CCNC(c1ccc(F)c(OC)c1)c1ccco1. The summed E-state index contributed by atoms with van der Waals surface area (Å²) in [5.74, 6) is 0.670. The van der Waals surface area contributed by atoms with Crippen molar-refractivity contribution in [3.63, 3.8) is 0 Å². The second-order valence-electron chi connectivity index (χ2n) is 3.90. The Hall–Kier alpha value is -1.81. The second kappa shape index (κ2) is 5.69. The lowest BCUT2D eigenvalue weighted by Crippen LogP contribution is -2.21. The third-order valence-electron chi connectivity index (χ3n) is 2.74. The molecular formula is C14H16FNO2. The standard InChI is InChI=1S/C14H16FNO2/c1-3-16-14(12-5-4-8-18-12)10-6-7-11(15)13(9-10)17-2/h4-9,14,16H,3H2,1-2H3. The van der Waals surface area contributed by atoms with E-state index in [0.717, 1.165) is 17.9 Å². The lowest BCUT2D eigenvalue weighted by atomic mass is 10.0. The van der Waals surface area contributed by atoms with E-state index in [1.54, 1.807) is 18.4 Å². The molecule has 96 valence electrons. The van der Waals surface area contributed by atoms with Gasteiger partial charge in [-0.05, 0) is 36.4 Å². The van der Waals surface area contributed by atoms with Crippen molar-refractivity contribution in [3.8, 4) is 5.75 Å². The number of hydrogen-bond acceptors (Lipinski definition) is 3. The first-order valence-corrected chi connectivity index (χ1v) is 5.86. The third-order valence-corrected chi connectivity index (χ3v) is 2.74. The molecule has 0 radical (unpaired) electrons. The molecule has 1 N–H and O–H groups in total. The summed E-state index contributed by atoms with van der Waals surface area (Å²) in [5.41, 5.74) is 0.907. The van der Waals surface area contributed by atoms with Crippen LogP contribution in [-0.4, -0.2) is 13.7 Å². The molecule has 0 spiro atoms. The normalized spacial score (nSPS) is 12.4. The zero-order valence-electron chi connectivity index (χ0n) is 10.4. The molecule has 18 heavy (non-hydrogen) atoms. The molecule has 1 aromatic carbocycles. The van der Waals surface area contributed by atoms with E-state index in [1.807, 2.05) is 19.1 Å². The number of halogens is 1. The van der Waals surface area contributed by atoms with Gasteiger partial charge in [0.05, 0.1) is 19.4 Å². The predicted octanol–water partition coefficient (Wildman–Crippen LogP) is 3.13. The van der Waals surface area contributed by atoms with Gasteiger partial charge in [0.25, 0.3) is 0 Å². The van der Waals surface area contributed by atoms with Crippen molar-refractivity contribution in [1.82, 2.24) is 5.32 Å². The summed E-state index contributed by atoms with van der Waals surface area (Å²) in [6.45, 7) is 2.79. The fourth-order valence-corrected chi connectivity index (χ4v) is 1.90. The van der Waals surface area contributed by atoms with Gasteiger partial charge >= 0.3 is 0 Å². The van der Waals surface area contributed by atoms with Crippen LogP contribution in [0.3, 0.4) is 0 Å². The fourth-order valence-electron chi connectivity index (χ4n) is 1.90. The van der Waals surface area contributed by atoms with Crippen molar-refractivity contribution in [1.29, 1.82) is 0 Å². The van der Waals surface area contributed by atoms with Gasteiger partial charge < -0.3 is 14.5 Å². The minimum absolute atomic E-state index is 0.0977. The van der Waals surface area contributed by atoms with Gasteiger partial charge in [-0.25, -0.2) is 4.39 Å². The fraction of sp³-hybridized carbons (Fsp3) is 0.286. The maximum Gasteiger partial charge on any atom is 0.165 e. The van der Waals surface area contributed by atoms with Crippen LogP contribution in [0.2, 0.25) is 0 Å². The van der Waals surface area contributed by atoms with Crippen LogP contribution < -0.4 is 10.1 Å². The Morgan fingerprint density at radius 1 is 1.39 bits per heavy atom. The summed E-state index contributed by atoms with van der Waals surface area (Å²) in [5, 5.41) is 3.30. The maximum atomic E-state index is 13.4. The van der Waals surface area contributed by atoms with Crippen LogP contribution in [-0.2, 0) is 0 Å². The summed E-state index contributed by atoms with van der Waals surface area (Å²) >= 11 is 0. The molecule has 0 bridgehead atoms. The predicted molar refractivity (Wildman–Crippen MR) is 67.2 cm³/mol. The molecule has 1 aromatic heterocycles. The van der Waals surface area contributed by atoms with Gasteiger partial charge in [-0.15, -0.1) is 0 Å². The van der Waals surface area contributed by atoms with Crippen molar-refractivity contribution in [2.24, 2.45) is 0 Å². The van der Waals surface area contributed by atoms with Gasteiger partial charge in [0.15, 0.2) is 11.6 Å². The average Bonchev–Trinajstić information content (AvgIpc) is 2.90. The zero-order chi connectivity index (χ0) is 13.0. The Morgan fingerprint density at radius 2 is 2.22 bits per heavy atom. The molecule has 2 aromatic rings. The van der Waals surface area contributed by atoms with Crippen LogP contribution in [0, 0.1) is 5.82 Å². The molecule has 0 aliphatic carbocycles. The number of hydrogen-bond donors (Lipinski definition) is 1. The first-order valence-electron chi connectivity index (χ1n) is 5.86. The lowest BCUT2D eigenvalue weighted by Gasteiger charge is -2.17. The van der Waals surface area contributed by atoms with Crippen LogP contribution in [0.4, 0.5) is 4.39 Å². The van der Waals surface area contributed by atoms with E-state index >= 15 is 0 Å². The molecule has 3 nitrogen and oxygen atoms in total. The quantitative estimate of drug-likeness (QED) is 0.884. The van der Waals surface area contributed by atoms with Gasteiger partial charge in [0.1, 0.15) is 5.76 Å².